The third kappa shape index (κ3) is 4.21. The first-order valence-electron chi connectivity index (χ1n) is 9.35. The molecule has 1 amide bonds. The molecule has 0 bridgehead atoms. The highest BCUT2D eigenvalue weighted by Crippen LogP contribution is 2.24. The van der Waals surface area contributed by atoms with Crippen molar-refractivity contribution < 1.29 is 4.79 Å². The number of aryl methyl sites for hydroxylation is 1. The summed E-state index contributed by atoms with van der Waals surface area (Å²) in [6.07, 6.45) is 0.790. The molecule has 0 aliphatic heterocycles. The summed E-state index contributed by atoms with van der Waals surface area (Å²) in [6, 6.07) is 15.3. The fraction of sp³-hybridized carbons (Fsp3) is 0.238. The molecule has 4 aromatic rings. The monoisotopic (exact) mass is 425 g/mol. The highest BCUT2D eigenvalue weighted by atomic mass is 35.5. The molecule has 6 nitrogen and oxygen atoms in total. The number of halogens is 1. The number of carbonyl (C=O) groups excluding carboxylic acids is 1. The number of benzene rings is 2. The number of amides is 1. The zero-order chi connectivity index (χ0) is 20.4. The molecule has 29 heavy (non-hydrogen) atoms. The zero-order valence-electron chi connectivity index (χ0n) is 16.1. The van der Waals surface area contributed by atoms with Crippen molar-refractivity contribution in [3.05, 3.63) is 64.9 Å². The molecule has 0 saturated heterocycles. The van der Waals surface area contributed by atoms with Gasteiger partial charge in [-0.3, -0.25) is 4.79 Å². The van der Waals surface area contributed by atoms with E-state index in [1.165, 1.54) is 11.8 Å². The van der Waals surface area contributed by atoms with Gasteiger partial charge in [0.1, 0.15) is 5.82 Å². The van der Waals surface area contributed by atoms with Gasteiger partial charge in [0.15, 0.2) is 10.8 Å². The molecule has 1 atom stereocenters. The van der Waals surface area contributed by atoms with Crippen LogP contribution in [0.1, 0.15) is 30.8 Å². The van der Waals surface area contributed by atoms with Crippen LogP contribution in [0, 0.1) is 6.92 Å². The van der Waals surface area contributed by atoms with E-state index < -0.39 is 0 Å². The predicted molar refractivity (Wildman–Crippen MR) is 116 cm³/mol. The van der Waals surface area contributed by atoms with Gasteiger partial charge in [0.2, 0.25) is 5.91 Å². The molecule has 1 N–H and O–H groups in total. The highest BCUT2D eigenvalue weighted by Gasteiger charge is 2.16. The fourth-order valence-electron chi connectivity index (χ4n) is 3.21. The SMILES string of the molecule is CCC(NC(=O)CSc1nc2ccccc2c2nc(C)nn12)c1ccc(Cl)cc1. The molecule has 2 heterocycles. The molecule has 0 saturated carbocycles. The summed E-state index contributed by atoms with van der Waals surface area (Å²) in [4.78, 5) is 21.8. The van der Waals surface area contributed by atoms with Crippen molar-refractivity contribution >= 4 is 45.8 Å². The van der Waals surface area contributed by atoms with Gasteiger partial charge in [-0.25, -0.2) is 9.97 Å². The van der Waals surface area contributed by atoms with E-state index in [1.807, 2.05) is 62.4 Å². The number of fused-ring (bicyclic) bond motifs is 3. The minimum Gasteiger partial charge on any atom is -0.349 e. The first-order chi connectivity index (χ1) is 14.0. The van der Waals surface area contributed by atoms with E-state index in [9.17, 15) is 4.79 Å². The van der Waals surface area contributed by atoms with E-state index in [0.29, 0.717) is 16.0 Å². The summed E-state index contributed by atoms with van der Waals surface area (Å²) >= 11 is 7.32. The quantitative estimate of drug-likeness (QED) is 0.361. The Kier molecular flexibility index (Phi) is 5.69. The van der Waals surface area contributed by atoms with Gasteiger partial charge in [0.05, 0.1) is 17.3 Å². The predicted octanol–water partition coefficient (Wildman–Crippen LogP) is 4.60. The van der Waals surface area contributed by atoms with Crippen molar-refractivity contribution in [3.8, 4) is 0 Å². The Bertz CT molecular complexity index is 1180. The van der Waals surface area contributed by atoms with E-state index in [2.05, 4.69) is 20.4 Å². The molecule has 8 heteroatoms. The fourth-order valence-corrected chi connectivity index (χ4v) is 4.09. The van der Waals surface area contributed by atoms with Crippen LogP contribution in [0.25, 0.3) is 16.6 Å². The summed E-state index contributed by atoms with van der Waals surface area (Å²) < 4.78 is 1.71. The number of thioether (sulfide) groups is 1. The highest BCUT2D eigenvalue weighted by molar-refractivity contribution is 7.99. The maximum Gasteiger partial charge on any atom is 0.230 e. The average Bonchev–Trinajstić information content (AvgIpc) is 3.13. The maximum atomic E-state index is 12.6. The lowest BCUT2D eigenvalue weighted by Gasteiger charge is -2.17. The average molecular weight is 426 g/mol. The van der Waals surface area contributed by atoms with E-state index in [0.717, 1.165) is 28.5 Å². The van der Waals surface area contributed by atoms with E-state index in [1.54, 1.807) is 4.52 Å². The second kappa shape index (κ2) is 8.39. The molecule has 0 spiro atoms. The van der Waals surface area contributed by atoms with Crippen molar-refractivity contribution in [2.45, 2.75) is 31.5 Å². The Morgan fingerprint density at radius 2 is 1.93 bits per heavy atom. The lowest BCUT2D eigenvalue weighted by molar-refractivity contribution is -0.119. The van der Waals surface area contributed by atoms with E-state index in [-0.39, 0.29) is 17.7 Å². The Morgan fingerprint density at radius 3 is 2.69 bits per heavy atom. The second-order valence-electron chi connectivity index (χ2n) is 6.67. The number of nitrogens with one attached hydrogen (secondary N) is 1. The van der Waals surface area contributed by atoms with Gasteiger partial charge >= 0.3 is 0 Å². The lowest BCUT2D eigenvalue weighted by atomic mass is 10.0. The number of para-hydroxylation sites is 1. The Morgan fingerprint density at radius 1 is 1.17 bits per heavy atom. The molecule has 0 fully saturated rings. The van der Waals surface area contributed by atoms with Crippen LogP contribution in [0.3, 0.4) is 0 Å². The van der Waals surface area contributed by atoms with Crippen LogP contribution in [0.5, 0.6) is 0 Å². The molecule has 2 aromatic carbocycles. The minimum absolute atomic E-state index is 0.0569. The van der Waals surface area contributed by atoms with Gasteiger partial charge in [-0.2, -0.15) is 4.52 Å². The van der Waals surface area contributed by atoms with E-state index in [4.69, 9.17) is 11.6 Å². The smallest absolute Gasteiger partial charge is 0.230 e. The van der Waals surface area contributed by atoms with Crippen molar-refractivity contribution in [2.24, 2.45) is 0 Å². The summed E-state index contributed by atoms with van der Waals surface area (Å²) in [5, 5.41) is 9.81. The molecule has 2 aromatic heterocycles. The maximum absolute atomic E-state index is 12.6. The number of nitrogens with zero attached hydrogens (tertiary/aromatic N) is 4. The van der Waals surface area contributed by atoms with Crippen LogP contribution in [0.2, 0.25) is 5.02 Å². The summed E-state index contributed by atoms with van der Waals surface area (Å²) in [5.74, 6) is 0.851. The number of aromatic nitrogens is 4. The molecule has 1 unspecified atom stereocenters. The van der Waals surface area contributed by atoms with Crippen LogP contribution >= 0.6 is 23.4 Å². The van der Waals surface area contributed by atoms with Gasteiger partial charge in [-0.05, 0) is 43.2 Å². The number of rotatable bonds is 6. The first kappa shape index (κ1) is 19.7. The number of hydrogen-bond donors (Lipinski definition) is 1. The molecule has 148 valence electrons. The number of carbonyl (C=O) groups is 1. The van der Waals surface area contributed by atoms with E-state index >= 15 is 0 Å². The van der Waals surface area contributed by atoms with Crippen molar-refractivity contribution in [1.82, 2.24) is 24.9 Å². The second-order valence-corrected chi connectivity index (χ2v) is 8.05. The van der Waals surface area contributed by atoms with Crippen molar-refractivity contribution in [2.75, 3.05) is 5.75 Å². The third-order valence-electron chi connectivity index (χ3n) is 4.60. The summed E-state index contributed by atoms with van der Waals surface area (Å²) in [5.41, 5.74) is 2.62. The minimum atomic E-state index is -0.0586. The molecule has 0 aliphatic carbocycles. The molecule has 0 aliphatic rings. The van der Waals surface area contributed by atoms with Crippen LogP contribution in [-0.4, -0.2) is 31.2 Å². The van der Waals surface area contributed by atoms with Crippen LogP contribution in [-0.2, 0) is 4.79 Å². The summed E-state index contributed by atoms with van der Waals surface area (Å²) in [7, 11) is 0. The van der Waals surface area contributed by atoms with Crippen LogP contribution in [0.15, 0.2) is 53.7 Å². The standard InChI is InChI=1S/C21H20ClN5OS/c1-3-17(14-8-10-15(22)11-9-14)24-19(28)12-29-21-25-18-7-5-4-6-16(18)20-23-13(2)26-27(20)21/h4-11,17H,3,12H2,1-2H3,(H,24,28). The van der Waals surface area contributed by atoms with Gasteiger partial charge in [-0.15, -0.1) is 5.10 Å². The van der Waals surface area contributed by atoms with Gasteiger partial charge in [0, 0.05) is 10.4 Å². The van der Waals surface area contributed by atoms with Crippen molar-refractivity contribution in [3.63, 3.8) is 0 Å². The Labute approximate surface area is 177 Å². The third-order valence-corrected chi connectivity index (χ3v) is 5.78. The van der Waals surface area contributed by atoms with Gasteiger partial charge < -0.3 is 5.32 Å². The largest absolute Gasteiger partial charge is 0.349 e. The lowest BCUT2D eigenvalue weighted by Crippen LogP contribution is -2.29. The molecule has 0 radical (unpaired) electrons. The van der Waals surface area contributed by atoms with Gasteiger partial charge in [-0.1, -0.05) is 54.6 Å². The normalized spacial score (nSPS) is 12.4. The number of hydrogen-bond acceptors (Lipinski definition) is 5. The van der Waals surface area contributed by atoms with Crippen LogP contribution < -0.4 is 5.32 Å². The van der Waals surface area contributed by atoms with Crippen molar-refractivity contribution in [1.29, 1.82) is 0 Å². The molecule has 4 rings (SSSR count). The van der Waals surface area contributed by atoms with Gasteiger partial charge in [0.25, 0.3) is 0 Å². The Balaban J connectivity index is 1.52. The molecular weight excluding hydrogens is 406 g/mol. The zero-order valence-corrected chi connectivity index (χ0v) is 17.7. The Hall–Kier alpha value is -2.64. The molecular formula is C21H20ClN5OS. The summed E-state index contributed by atoms with van der Waals surface area (Å²) in [6.45, 7) is 3.89. The van der Waals surface area contributed by atoms with Crippen LogP contribution in [0.4, 0.5) is 0 Å². The first-order valence-corrected chi connectivity index (χ1v) is 10.7. The topological polar surface area (TPSA) is 72.2 Å².